The molecule has 8 unspecified atom stereocenters. The predicted molar refractivity (Wildman–Crippen MR) is 328 cm³/mol. The van der Waals surface area contributed by atoms with Crippen LogP contribution in [0.4, 0.5) is 0 Å². The predicted octanol–water partition coefficient (Wildman–Crippen LogP) is 18.7. The van der Waals surface area contributed by atoms with Crippen molar-refractivity contribution in [3.8, 4) is 91.0 Å². The maximum atomic E-state index is 6.73. The van der Waals surface area contributed by atoms with Gasteiger partial charge in [-0.1, -0.05) is 55.4 Å². The lowest BCUT2D eigenvalue weighted by Crippen LogP contribution is -2.14. The number of hydrogen-bond acceptors (Lipinski definition) is 10. The van der Waals surface area contributed by atoms with Crippen LogP contribution in [0.1, 0.15) is 162 Å². The number of fused-ring (bicyclic) bond motifs is 20. The van der Waals surface area contributed by atoms with Crippen molar-refractivity contribution >= 4 is 43.6 Å². The molecule has 0 amide bonds. The summed E-state index contributed by atoms with van der Waals surface area (Å²) >= 11 is 0. The number of ether oxygens (including phenoxy) is 8. The number of benzene rings is 4. The van der Waals surface area contributed by atoms with Crippen molar-refractivity contribution in [3.63, 3.8) is 0 Å². The molecule has 0 saturated heterocycles. The van der Waals surface area contributed by atoms with Crippen molar-refractivity contribution in [2.45, 2.75) is 211 Å². The van der Waals surface area contributed by atoms with Crippen molar-refractivity contribution < 1.29 is 37.9 Å². The summed E-state index contributed by atoms with van der Waals surface area (Å²) in [6.07, 6.45) is 6.22. The first kappa shape index (κ1) is 57.6. The molecular weight excluding hydrogens is 1000 g/mol. The molecule has 0 radical (unpaired) electrons. The van der Waals surface area contributed by atoms with E-state index in [1.54, 1.807) is 0 Å². The SMILES string of the molecule is CCC(C)Oc1cc2c(cc1OC(C)CC)-c1cc3[nH]c(cc4nc(cc5[nH]c(cc-2n1)c1cc(OC(C)CC)c(OC(C)CC)cc51)-c1cc(OC(C)CC)c(OC(C)CC)cc1-4)c1cc(OC(C)CC)c(OC(C)CC)cc31. The van der Waals surface area contributed by atoms with E-state index in [9.17, 15) is 0 Å². The maximum Gasteiger partial charge on any atom is 0.162 e. The third-order valence-electron chi connectivity index (χ3n) is 16.0. The van der Waals surface area contributed by atoms with E-state index in [1.807, 2.05) is 0 Å². The van der Waals surface area contributed by atoms with Crippen molar-refractivity contribution in [2.24, 2.45) is 0 Å². The van der Waals surface area contributed by atoms with Crippen LogP contribution < -0.4 is 37.9 Å². The van der Waals surface area contributed by atoms with Gasteiger partial charge in [0.05, 0.1) is 71.6 Å². The second-order valence-electron chi connectivity index (χ2n) is 22.3. The summed E-state index contributed by atoms with van der Waals surface area (Å²) in [4.78, 5) is 19.0. The van der Waals surface area contributed by atoms with E-state index in [4.69, 9.17) is 47.9 Å². The van der Waals surface area contributed by atoms with Crippen LogP contribution in [0.15, 0.2) is 72.8 Å². The molecule has 12 heteroatoms. The highest BCUT2D eigenvalue weighted by atomic mass is 16.5. The Hall–Kier alpha value is -7.08. The third kappa shape index (κ3) is 12.2. The number of aromatic nitrogens is 4. The molecule has 12 nitrogen and oxygen atoms in total. The maximum absolute atomic E-state index is 6.73. The number of aromatic amines is 2. The van der Waals surface area contributed by atoms with Crippen molar-refractivity contribution in [1.29, 1.82) is 0 Å². The summed E-state index contributed by atoms with van der Waals surface area (Å²) < 4.78 is 53.8. The largest absolute Gasteiger partial charge is 0.487 e. The molecule has 0 fully saturated rings. The van der Waals surface area contributed by atoms with Gasteiger partial charge < -0.3 is 47.9 Å². The fraction of sp³-hybridized carbons (Fsp3) is 0.471. The highest BCUT2D eigenvalue weighted by Crippen LogP contribution is 2.49. The summed E-state index contributed by atoms with van der Waals surface area (Å²) in [7, 11) is 0. The molecular formula is C68H86N4O8. The molecule has 8 atom stereocenters. The molecule has 2 aliphatic heterocycles. The van der Waals surface area contributed by atoms with Gasteiger partial charge in [0.15, 0.2) is 46.0 Å². The second-order valence-corrected chi connectivity index (χ2v) is 22.3. The van der Waals surface area contributed by atoms with Crippen molar-refractivity contribution in [1.82, 2.24) is 19.9 Å². The monoisotopic (exact) mass is 1090 g/mol. The lowest BCUT2D eigenvalue weighted by Gasteiger charge is -2.20. The minimum atomic E-state index is -0.0530. The van der Waals surface area contributed by atoms with Crippen molar-refractivity contribution in [3.05, 3.63) is 72.8 Å². The quantitative estimate of drug-likeness (QED) is 0.0603. The normalized spacial score (nSPS) is 15.0. The Morgan fingerprint density at radius 3 is 0.588 bits per heavy atom. The Balaban J connectivity index is 1.48. The van der Waals surface area contributed by atoms with Crippen LogP contribution in [0.2, 0.25) is 0 Å². The van der Waals surface area contributed by atoms with Gasteiger partial charge in [-0.05, 0) is 180 Å². The Labute approximate surface area is 474 Å². The molecule has 9 rings (SSSR count). The molecule has 0 aliphatic carbocycles. The van der Waals surface area contributed by atoms with E-state index in [0.29, 0.717) is 46.0 Å². The molecule has 5 heterocycles. The average Bonchev–Trinajstić information content (AvgIpc) is 4.21. The van der Waals surface area contributed by atoms with Crippen LogP contribution in [-0.2, 0) is 0 Å². The van der Waals surface area contributed by atoms with Gasteiger partial charge in [0.2, 0.25) is 0 Å². The van der Waals surface area contributed by atoms with E-state index >= 15 is 0 Å². The zero-order valence-corrected chi connectivity index (χ0v) is 50.4. The van der Waals surface area contributed by atoms with Gasteiger partial charge in [0.1, 0.15) is 0 Å². The minimum absolute atomic E-state index is 0.0510. The summed E-state index contributed by atoms with van der Waals surface area (Å²) in [5.74, 6) is 5.43. The molecule has 2 aliphatic rings. The Morgan fingerprint density at radius 1 is 0.263 bits per heavy atom. The van der Waals surface area contributed by atoms with E-state index in [-0.39, 0.29) is 48.8 Å². The van der Waals surface area contributed by atoms with Crippen LogP contribution in [-0.4, -0.2) is 68.8 Å². The summed E-state index contributed by atoms with van der Waals surface area (Å²) in [5.41, 5.74) is 10.1. The Bertz CT molecular complexity index is 3080. The number of rotatable bonds is 24. The number of hydrogen-bond donors (Lipinski definition) is 2. The van der Waals surface area contributed by atoms with Gasteiger partial charge in [-0.3, -0.25) is 0 Å². The highest BCUT2D eigenvalue weighted by Gasteiger charge is 2.28. The van der Waals surface area contributed by atoms with Gasteiger partial charge in [-0.15, -0.1) is 0 Å². The highest BCUT2D eigenvalue weighted by molar-refractivity contribution is 6.12. The fourth-order valence-electron chi connectivity index (χ4n) is 9.62. The van der Waals surface area contributed by atoms with Crippen LogP contribution in [0, 0.1) is 0 Å². The number of H-pyrrole nitrogens is 2. The first-order valence-electron chi connectivity index (χ1n) is 29.9. The smallest absolute Gasteiger partial charge is 0.162 e. The van der Waals surface area contributed by atoms with Crippen molar-refractivity contribution in [2.75, 3.05) is 0 Å². The minimum Gasteiger partial charge on any atom is -0.487 e. The molecule has 8 bridgehead atoms. The average molecular weight is 1090 g/mol. The topological polar surface area (TPSA) is 131 Å². The van der Waals surface area contributed by atoms with E-state index < -0.39 is 0 Å². The summed E-state index contributed by atoms with van der Waals surface area (Å²) in [5, 5.41) is 3.78. The fourth-order valence-corrected chi connectivity index (χ4v) is 9.62. The molecule has 426 valence electrons. The van der Waals surface area contributed by atoms with Gasteiger partial charge >= 0.3 is 0 Å². The molecule has 4 aromatic carbocycles. The van der Waals surface area contributed by atoms with Gasteiger partial charge in [-0.2, -0.15) is 0 Å². The number of nitrogens with zero attached hydrogens (tertiary/aromatic N) is 2. The molecule has 7 aromatic rings. The zero-order valence-electron chi connectivity index (χ0n) is 50.4. The Kier molecular flexibility index (Phi) is 17.8. The molecule has 80 heavy (non-hydrogen) atoms. The summed E-state index contributed by atoms with van der Waals surface area (Å²) in [6.45, 7) is 33.8. The molecule has 0 saturated carbocycles. The third-order valence-corrected chi connectivity index (χ3v) is 16.0. The molecule has 3 aromatic heterocycles. The zero-order chi connectivity index (χ0) is 57.1. The number of nitrogens with one attached hydrogen (secondary N) is 2. The summed E-state index contributed by atoms with van der Waals surface area (Å²) in [6, 6.07) is 25.5. The van der Waals surface area contributed by atoms with Crippen LogP contribution in [0.25, 0.3) is 88.6 Å². The Morgan fingerprint density at radius 2 is 0.425 bits per heavy atom. The first-order chi connectivity index (χ1) is 38.5. The lowest BCUT2D eigenvalue weighted by atomic mass is 10.0. The van der Waals surface area contributed by atoms with Crippen LogP contribution in [0.3, 0.4) is 0 Å². The standard InChI is InChI=1S/C68H86N4O8/c1-17-37(9)73-61-25-45-46(26-62(61)74-38(10)18-2)54-34-56-49-29-65(77-41(13)21-5)66(78-42(14)22-6)30-50(49)58(71-56)36-60-52-32-68(80-44(16)24-8)67(79-43(15)23-7)31-51(52)59(72-60)35-57-48-28-64(76-40(12)20-4)63(75-39(11)19-3)27-47(48)55(70-57)33-53(45)69-54/h25-44,69,72H,17-24H2,1-16H3. The van der Waals surface area contributed by atoms with Gasteiger partial charge in [0.25, 0.3) is 0 Å². The van der Waals surface area contributed by atoms with Crippen LogP contribution >= 0.6 is 0 Å². The molecule has 2 N–H and O–H groups in total. The lowest BCUT2D eigenvalue weighted by molar-refractivity contribution is 0.177. The van der Waals surface area contributed by atoms with E-state index in [0.717, 1.165) is 140 Å². The van der Waals surface area contributed by atoms with Gasteiger partial charge in [-0.25, -0.2) is 9.97 Å². The first-order valence-corrected chi connectivity index (χ1v) is 29.9. The van der Waals surface area contributed by atoms with Gasteiger partial charge in [0, 0.05) is 65.9 Å². The molecule has 0 spiro atoms. The van der Waals surface area contributed by atoms with Crippen LogP contribution in [0.5, 0.6) is 46.0 Å². The second kappa shape index (κ2) is 24.7. The van der Waals surface area contributed by atoms with E-state index in [2.05, 4.69) is 194 Å². The van der Waals surface area contributed by atoms with E-state index in [1.165, 1.54) is 0 Å².